The quantitative estimate of drug-likeness (QED) is 0.625. The highest BCUT2D eigenvalue weighted by Crippen LogP contribution is 2.15. The molecule has 1 amide bonds. The van der Waals surface area contributed by atoms with Crippen LogP contribution >= 0.6 is 15.9 Å². The lowest BCUT2D eigenvalue weighted by Crippen LogP contribution is -2.39. The summed E-state index contributed by atoms with van der Waals surface area (Å²) in [5.41, 5.74) is 1.07. The lowest BCUT2D eigenvalue weighted by Gasteiger charge is -2.20. The predicted octanol–water partition coefficient (Wildman–Crippen LogP) is 2.29. The molecule has 134 valence electrons. The van der Waals surface area contributed by atoms with Crippen LogP contribution in [-0.2, 0) is 14.3 Å². The first-order valence-electron chi connectivity index (χ1n) is 7.80. The van der Waals surface area contributed by atoms with E-state index < -0.39 is 5.97 Å². The van der Waals surface area contributed by atoms with Gasteiger partial charge in [0.25, 0.3) is 5.91 Å². The van der Waals surface area contributed by atoms with E-state index in [4.69, 9.17) is 9.47 Å². The number of aromatic nitrogens is 2. The largest absolute Gasteiger partial charge is 0.465 e. The zero-order valence-electron chi connectivity index (χ0n) is 14.1. The highest BCUT2D eigenvalue weighted by atomic mass is 79.9. The molecule has 0 bridgehead atoms. The van der Waals surface area contributed by atoms with Crippen molar-refractivity contribution in [2.75, 3.05) is 33.4 Å². The molecular weight excluding hydrogens is 390 g/mol. The summed E-state index contributed by atoms with van der Waals surface area (Å²) in [4.78, 5) is 25.8. The molecule has 0 N–H and O–H groups in total. The lowest BCUT2D eigenvalue weighted by atomic mass is 10.3. The Morgan fingerprint density at radius 2 is 2.12 bits per heavy atom. The van der Waals surface area contributed by atoms with Gasteiger partial charge in [-0.2, -0.15) is 5.10 Å². The van der Waals surface area contributed by atoms with Gasteiger partial charge < -0.3 is 14.4 Å². The van der Waals surface area contributed by atoms with Gasteiger partial charge in [0.1, 0.15) is 6.54 Å². The van der Waals surface area contributed by atoms with Gasteiger partial charge in [-0.05, 0) is 31.2 Å². The Labute approximate surface area is 154 Å². The maximum atomic E-state index is 12.7. The summed E-state index contributed by atoms with van der Waals surface area (Å²) >= 11 is 3.41. The van der Waals surface area contributed by atoms with Crippen molar-refractivity contribution in [2.45, 2.75) is 6.92 Å². The van der Waals surface area contributed by atoms with Gasteiger partial charge in [0.2, 0.25) is 0 Å². The Kier molecular flexibility index (Phi) is 7.15. The number of carbonyl (C=O) groups excluding carboxylic acids is 2. The van der Waals surface area contributed by atoms with Crippen molar-refractivity contribution in [1.29, 1.82) is 0 Å². The smallest absolute Gasteiger partial charge is 0.325 e. The Bertz CT molecular complexity index is 732. The second kappa shape index (κ2) is 9.33. The van der Waals surface area contributed by atoms with Crippen LogP contribution in [0.15, 0.2) is 41.0 Å². The van der Waals surface area contributed by atoms with Crippen molar-refractivity contribution in [2.24, 2.45) is 0 Å². The molecule has 2 aromatic rings. The number of benzene rings is 1. The van der Waals surface area contributed by atoms with E-state index in [1.165, 1.54) is 12.0 Å². The molecule has 0 atom stereocenters. The first-order chi connectivity index (χ1) is 12.0. The molecule has 0 radical (unpaired) electrons. The van der Waals surface area contributed by atoms with E-state index in [0.29, 0.717) is 6.61 Å². The van der Waals surface area contributed by atoms with Crippen LogP contribution in [0.3, 0.4) is 0 Å². The second-order valence-corrected chi connectivity index (χ2v) is 6.07. The first-order valence-corrected chi connectivity index (χ1v) is 8.60. The number of ether oxygens (including phenoxy) is 2. The third-order valence-electron chi connectivity index (χ3n) is 3.36. The van der Waals surface area contributed by atoms with Gasteiger partial charge in [-0.1, -0.05) is 22.0 Å². The van der Waals surface area contributed by atoms with Crippen molar-refractivity contribution in [3.05, 3.63) is 46.7 Å². The monoisotopic (exact) mass is 409 g/mol. The van der Waals surface area contributed by atoms with E-state index in [9.17, 15) is 9.59 Å². The summed E-state index contributed by atoms with van der Waals surface area (Å²) < 4.78 is 12.5. The zero-order valence-corrected chi connectivity index (χ0v) is 15.7. The summed E-state index contributed by atoms with van der Waals surface area (Å²) in [5.74, 6) is -0.808. The number of carbonyl (C=O) groups is 2. The van der Waals surface area contributed by atoms with Gasteiger partial charge in [-0.15, -0.1) is 0 Å². The molecule has 8 heteroatoms. The molecule has 0 unspecified atom stereocenters. The minimum absolute atomic E-state index is 0.139. The van der Waals surface area contributed by atoms with Crippen LogP contribution in [0.25, 0.3) is 5.69 Å². The summed E-state index contributed by atoms with van der Waals surface area (Å²) in [6.07, 6.45) is 1.70. The van der Waals surface area contributed by atoms with Crippen molar-refractivity contribution < 1.29 is 19.1 Å². The predicted molar refractivity (Wildman–Crippen MR) is 95.7 cm³/mol. The normalized spacial score (nSPS) is 10.5. The van der Waals surface area contributed by atoms with Gasteiger partial charge in [0, 0.05) is 24.3 Å². The molecular formula is C17H20BrN3O4. The number of hydrogen-bond acceptors (Lipinski definition) is 5. The molecule has 0 spiro atoms. The first kappa shape index (κ1) is 19.1. The molecule has 0 saturated carbocycles. The second-order valence-electron chi connectivity index (χ2n) is 5.15. The van der Waals surface area contributed by atoms with Gasteiger partial charge in [-0.25, -0.2) is 4.68 Å². The SMILES string of the molecule is CCOC(=O)CN(CCOC)C(=O)c1ccn(-c2cccc(Br)c2)n1. The number of methoxy groups -OCH3 is 1. The van der Waals surface area contributed by atoms with Crippen LogP contribution in [-0.4, -0.2) is 60.0 Å². The fraction of sp³-hybridized carbons (Fsp3) is 0.353. The highest BCUT2D eigenvalue weighted by Gasteiger charge is 2.21. The topological polar surface area (TPSA) is 73.7 Å². The standard InChI is InChI=1S/C17H20BrN3O4/c1-3-25-16(22)12-20(9-10-24-2)17(23)15-7-8-21(19-15)14-6-4-5-13(18)11-14/h4-8,11H,3,9-10,12H2,1-2H3. The molecule has 0 fully saturated rings. The maximum Gasteiger partial charge on any atom is 0.325 e. The summed E-state index contributed by atoms with van der Waals surface area (Å²) in [7, 11) is 1.54. The average Bonchev–Trinajstić information content (AvgIpc) is 3.08. The van der Waals surface area contributed by atoms with Gasteiger partial charge in [0.15, 0.2) is 5.69 Å². The third kappa shape index (κ3) is 5.40. The molecule has 25 heavy (non-hydrogen) atoms. The van der Waals surface area contributed by atoms with Gasteiger partial charge in [0.05, 0.1) is 18.9 Å². The molecule has 1 aromatic carbocycles. The lowest BCUT2D eigenvalue weighted by molar-refractivity contribution is -0.143. The van der Waals surface area contributed by atoms with Crippen molar-refractivity contribution in [1.82, 2.24) is 14.7 Å². The highest BCUT2D eigenvalue weighted by molar-refractivity contribution is 9.10. The third-order valence-corrected chi connectivity index (χ3v) is 3.85. The van der Waals surface area contributed by atoms with E-state index >= 15 is 0 Å². The number of nitrogens with zero attached hydrogens (tertiary/aromatic N) is 3. The van der Waals surface area contributed by atoms with Crippen LogP contribution in [0.2, 0.25) is 0 Å². The summed E-state index contributed by atoms with van der Waals surface area (Å²) in [6, 6.07) is 9.18. The Hall–Kier alpha value is -2.19. The molecule has 0 aliphatic rings. The van der Waals surface area contributed by atoms with E-state index in [-0.39, 0.29) is 31.3 Å². The van der Waals surface area contributed by atoms with Gasteiger partial charge >= 0.3 is 5.97 Å². The molecule has 1 aromatic heterocycles. The van der Waals surface area contributed by atoms with E-state index in [2.05, 4.69) is 21.0 Å². The van der Waals surface area contributed by atoms with E-state index in [1.54, 1.807) is 23.9 Å². The van der Waals surface area contributed by atoms with Crippen LogP contribution in [0, 0.1) is 0 Å². The van der Waals surface area contributed by atoms with Crippen LogP contribution in [0.4, 0.5) is 0 Å². The fourth-order valence-corrected chi connectivity index (χ4v) is 2.57. The molecule has 7 nitrogen and oxygen atoms in total. The number of esters is 1. The molecule has 0 aliphatic heterocycles. The minimum Gasteiger partial charge on any atom is -0.465 e. The average molecular weight is 410 g/mol. The Morgan fingerprint density at radius 1 is 1.32 bits per heavy atom. The number of halogens is 1. The number of hydrogen-bond donors (Lipinski definition) is 0. The molecule has 1 heterocycles. The van der Waals surface area contributed by atoms with E-state index in [0.717, 1.165) is 10.2 Å². The number of amides is 1. The van der Waals surface area contributed by atoms with Crippen LogP contribution < -0.4 is 0 Å². The minimum atomic E-state index is -0.460. The Morgan fingerprint density at radius 3 is 2.80 bits per heavy atom. The van der Waals surface area contributed by atoms with Crippen LogP contribution in [0.1, 0.15) is 17.4 Å². The van der Waals surface area contributed by atoms with Crippen molar-refractivity contribution >= 4 is 27.8 Å². The molecule has 2 rings (SSSR count). The Balaban J connectivity index is 2.16. The van der Waals surface area contributed by atoms with Crippen molar-refractivity contribution in [3.8, 4) is 5.69 Å². The maximum absolute atomic E-state index is 12.7. The van der Waals surface area contributed by atoms with E-state index in [1.807, 2.05) is 24.3 Å². The fourth-order valence-electron chi connectivity index (χ4n) is 2.18. The summed E-state index contributed by atoms with van der Waals surface area (Å²) in [5, 5.41) is 4.32. The zero-order chi connectivity index (χ0) is 18.2. The number of rotatable bonds is 8. The van der Waals surface area contributed by atoms with Gasteiger partial charge in [-0.3, -0.25) is 9.59 Å². The molecule has 0 aliphatic carbocycles. The van der Waals surface area contributed by atoms with Crippen LogP contribution in [0.5, 0.6) is 0 Å². The molecule has 0 saturated heterocycles. The summed E-state index contributed by atoms with van der Waals surface area (Å²) in [6.45, 7) is 2.44. The van der Waals surface area contributed by atoms with Crippen molar-refractivity contribution in [3.63, 3.8) is 0 Å².